The lowest BCUT2D eigenvalue weighted by molar-refractivity contribution is 0.243. The van der Waals surface area contributed by atoms with Gasteiger partial charge in [0.2, 0.25) is 0 Å². The number of nitrogens with zero attached hydrogens (tertiary/aromatic N) is 1. The van der Waals surface area contributed by atoms with E-state index in [9.17, 15) is 4.39 Å². The predicted molar refractivity (Wildman–Crippen MR) is 87.7 cm³/mol. The van der Waals surface area contributed by atoms with Crippen LogP contribution in [0.2, 0.25) is 10.0 Å². The molecular formula is C16H23Cl2FN2. The summed E-state index contributed by atoms with van der Waals surface area (Å²) in [5, 5.41) is 3.98. The topological polar surface area (TPSA) is 15.3 Å². The molecule has 1 saturated carbocycles. The molecular weight excluding hydrogens is 310 g/mol. The highest BCUT2D eigenvalue weighted by molar-refractivity contribution is 6.35. The first-order valence-corrected chi connectivity index (χ1v) is 8.32. The molecule has 5 heteroatoms. The van der Waals surface area contributed by atoms with E-state index in [-0.39, 0.29) is 11.1 Å². The highest BCUT2D eigenvalue weighted by Gasteiger charge is 2.19. The Morgan fingerprint density at radius 1 is 1.29 bits per heavy atom. The van der Waals surface area contributed by atoms with Crippen LogP contribution in [0.25, 0.3) is 0 Å². The van der Waals surface area contributed by atoms with Gasteiger partial charge in [0.1, 0.15) is 5.82 Å². The second kappa shape index (κ2) is 7.77. The van der Waals surface area contributed by atoms with Crippen LogP contribution in [0.4, 0.5) is 4.39 Å². The molecule has 1 atom stereocenters. The molecule has 0 saturated heterocycles. The second-order valence-electron chi connectivity index (χ2n) is 5.88. The van der Waals surface area contributed by atoms with Crippen molar-refractivity contribution in [2.45, 2.75) is 44.7 Å². The van der Waals surface area contributed by atoms with Gasteiger partial charge in [-0.25, -0.2) is 4.39 Å². The van der Waals surface area contributed by atoms with Gasteiger partial charge in [-0.2, -0.15) is 0 Å². The summed E-state index contributed by atoms with van der Waals surface area (Å²) in [7, 11) is 2.18. The van der Waals surface area contributed by atoms with E-state index in [1.807, 2.05) is 6.92 Å². The van der Waals surface area contributed by atoms with E-state index in [1.165, 1.54) is 37.8 Å². The Morgan fingerprint density at radius 3 is 2.62 bits per heavy atom. The van der Waals surface area contributed by atoms with Crippen molar-refractivity contribution >= 4 is 23.2 Å². The third-order valence-electron chi connectivity index (χ3n) is 4.37. The second-order valence-corrected chi connectivity index (χ2v) is 6.70. The summed E-state index contributed by atoms with van der Waals surface area (Å²) >= 11 is 11.9. The molecule has 2 rings (SSSR count). The van der Waals surface area contributed by atoms with Crippen molar-refractivity contribution < 1.29 is 4.39 Å². The molecule has 1 aromatic carbocycles. The van der Waals surface area contributed by atoms with Crippen LogP contribution in [0.1, 0.15) is 44.2 Å². The van der Waals surface area contributed by atoms with Crippen LogP contribution in [-0.2, 0) is 0 Å². The molecule has 2 nitrogen and oxygen atoms in total. The van der Waals surface area contributed by atoms with Gasteiger partial charge in [0.25, 0.3) is 0 Å². The Kier molecular flexibility index (Phi) is 6.30. The number of hydrogen-bond donors (Lipinski definition) is 1. The highest BCUT2D eigenvalue weighted by atomic mass is 35.5. The van der Waals surface area contributed by atoms with Crippen LogP contribution < -0.4 is 5.32 Å². The van der Waals surface area contributed by atoms with Crippen molar-refractivity contribution in [2.75, 3.05) is 20.1 Å². The molecule has 0 bridgehead atoms. The maximum atomic E-state index is 13.5. The maximum absolute atomic E-state index is 13.5. The van der Waals surface area contributed by atoms with Crippen molar-refractivity contribution in [3.05, 3.63) is 33.6 Å². The van der Waals surface area contributed by atoms with Gasteiger partial charge in [0, 0.05) is 30.2 Å². The predicted octanol–water partition coefficient (Wildman–Crippen LogP) is 4.66. The van der Waals surface area contributed by atoms with Crippen molar-refractivity contribution in [3.63, 3.8) is 0 Å². The maximum Gasteiger partial charge on any atom is 0.142 e. The molecule has 1 aliphatic rings. The van der Waals surface area contributed by atoms with E-state index >= 15 is 0 Å². The molecule has 21 heavy (non-hydrogen) atoms. The Hall–Kier alpha value is -0.350. The van der Waals surface area contributed by atoms with Gasteiger partial charge in [0.15, 0.2) is 0 Å². The van der Waals surface area contributed by atoms with E-state index in [4.69, 9.17) is 23.2 Å². The summed E-state index contributed by atoms with van der Waals surface area (Å²) in [5.41, 5.74) is 0.752. The average molecular weight is 333 g/mol. The summed E-state index contributed by atoms with van der Waals surface area (Å²) < 4.78 is 13.5. The molecule has 118 valence electrons. The van der Waals surface area contributed by atoms with Gasteiger partial charge < -0.3 is 10.2 Å². The first-order valence-electron chi connectivity index (χ1n) is 7.57. The van der Waals surface area contributed by atoms with Gasteiger partial charge in [-0.05, 0) is 44.5 Å². The third kappa shape index (κ3) is 4.56. The van der Waals surface area contributed by atoms with E-state index in [1.54, 1.807) is 0 Å². The van der Waals surface area contributed by atoms with E-state index in [2.05, 4.69) is 17.3 Å². The minimum absolute atomic E-state index is 0.00115. The molecule has 1 aliphatic carbocycles. The van der Waals surface area contributed by atoms with Crippen LogP contribution in [0.5, 0.6) is 0 Å². The molecule has 0 heterocycles. The van der Waals surface area contributed by atoms with Crippen LogP contribution in [0.15, 0.2) is 12.1 Å². The Morgan fingerprint density at radius 2 is 1.95 bits per heavy atom. The monoisotopic (exact) mass is 332 g/mol. The van der Waals surface area contributed by atoms with Gasteiger partial charge >= 0.3 is 0 Å². The fourth-order valence-electron chi connectivity index (χ4n) is 2.96. The lowest BCUT2D eigenvalue weighted by atomic mass is 10.1. The van der Waals surface area contributed by atoms with Crippen LogP contribution >= 0.6 is 23.2 Å². The smallest absolute Gasteiger partial charge is 0.142 e. The zero-order chi connectivity index (χ0) is 15.4. The fraction of sp³-hybridized carbons (Fsp3) is 0.625. The van der Waals surface area contributed by atoms with Crippen molar-refractivity contribution in [2.24, 2.45) is 0 Å². The number of nitrogens with one attached hydrogen (secondary N) is 1. The number of hydrogen-bond acceptors (Lipinski definition) is 2. The minimum atomic E-state index is -0.423. The number of likely N-dealkylation sites (N-methyl/N-ethyl adjacent to an activating group) is 1. The van der Waals surface area contributed by atoms with Crippen LogP contribution in [0, 0.1) is 5.82 Å². The first kappa shape index (κ1) is 17.0. The van der Waals surface area contributed by atoms with Crippen LogP contribution in [0.3, 0.4) is 0 Å². The summed E-state index contributed by atoms with van der Waals surface area (Å²) in [6.45, 7) is 3.83. The summed E-state index contributed by atoms with van der Waals surface area (Å²) in [5.74, 6) is -0.423. The third-order valence-corrected chi connectivity index (χ3v) is 4.99. The zero-order valence-corrected chi connectivity index (χ0v) is 14.1. The molecule has 0 aliphatic heterocycles. The van der Waals surface area contributed by atoms with Crippen molar-refractivity contribution in [1.29, 1.82) is 0 Å². The lowest BCUT2D eigenvalue weighted by Crippen LogP contribution is -2.36. The van der Waals surface area contributed by atoms with Crippen molar-refractivity contribution in [1.82, 2.24) is 10.2 Å². The number of halogens is 3. The molecule has 0 aromatic heterocycles. The molecule has 0 amide bonds. The van der Waals surface area contributed by atoms with E-state index < -0.39 is 5.82 Å². The molecule has 1 aromatic rings. The largest absolute Gasteiger partial charge is 0.309 e. The summed E-state index contributed by atoms with van der Waals surface area (Å²) in [4.78, 5) is 2.41. The fourth-order valence-corrected chi connectivity index (χ4v) is 3.51. The summed E-state index contributed by atoms with van der Waals surface area (Å²) in [6.07, 6.45) is 5.30. The molecule has 1 fully saturated rings. The average Bonchev–Trinajstić information content (AvgIpc) is 2.96. The first-order chi connectivity index (χ1) is 9.99. The molecule has 0 spiro atoms. The van der Waals surface area contributed by atoms with Gasteiger partial charge in [-0.3, -0.25) is 0 Å². The number of benzene rings is 1. The summed E-state index contributed by atoms with van der Waals surface area (Å²) in [6, 6.07) is 3.61. The highest BCUT2D eigenvalue weighted by Crippen LogP contribution is 2.28. The molecule has 1 unspecified atom stereocenters. The Balaban J connectivity index is 1.84. The quantitative estimate of drug-likeness (QED) is 0.762. The Labute approximate surface area is 136 Å². The van der Waals surface area contributed by atoms with Gasteiger partial charge in [0.05, 0.1) is 5.02 Å². The van der Waals surface area contributed by atoms with Crippen molar-refractivity contribution in [3.8, 4) is 0 Å². The van der Waals surface area contributed by atoms with Gasteiger partial charge in [-0.15, -0.1) is 0 Å². The lowest BCUT2D eigenvalue weighted by Gasteiger charge is -2.25. The Bertz CT molecular complexity index is 476. The normalized spacial score (nSPS) is 17.6. The van der Waals surface area contributed by atoms with E-state index in [0.717, 1.165) is 24.7 Å². The standard InChI is InChI=1S/C16H23Cl2FN2/c1-11(13-9-16(19)15(18)10-14(13)17)20-7-8-21(2)12-5-3-4-6-12/h9-12,20H,3-8H2,1-2H3. The van der Waals surface area contributed by atoms with E-state index in [0.29, 0.717) is 5.02 Å². The molecule has 0 radical (unpaired) electrons. The van der Waals surface area contributed by atoms with Crippen LogP contribution in [-0.4, -0.2) is 31.1 Å². The number of rotatable bonds is 6. The zero-order valence-electron chi connectivity index (χ0n) is 12.6. The SMILES string of the molecule is CC(NCCN(C)C1CCCC1)c1cc(F)c(Cl)cc1Cl. The van der Waals surface area contributed by atoms with Gasteiger partial charge in [-0.1, -0.05) is 36.0 Å². The molecule has 1 N–H and O–H groups in total. The minimum Gasteiger partial charge on any atom is -0.309 e.